The number of ether oxygens (including phenoxy) is 1. The molecule has 1 aromatic rings. The molecule has 0 saturated carbocycles. The lowest BCUT2D eigenvalue weighted by Gasteiger charge is -2.03. The highest BCUT2D eigenvalue weighted by atomic mass is 35.5. The second kappa shape index (κ2) is 4.47. The van der Waals surface area contributed by atoms with Gasteiger partial charge in [0.05, 0.1) is 0 Å². The first-order chi connectivity index (χ1) is 5.29. The van der Waals surface area contributed by atoms with Crippen molar-refractivity contribution >= 4 is 23.2 Å². The zero-order chi connectivity index (χ0) is 8.10. The van der Waals surface area contributed by atoms with Crippen LogP contribution in [0.3, 0.4) is 0 Å². The Morgan fingerprint density at radius 3 is 2.36 bits per heavy atom. The lowest BCUT2D eigenvalue weighted by atomic mass is 10.3. The molecular weight excluding hydrogens is 183 g/mol. The van der Waals surface area contributed by atoms with Crippen molar-refractivity contribution in [2.24, 2.45) is 0 Å². The van der Waals surface area contributed by atoms with E-state index in [1.807, 2.05) is 30.3 Å². The highest BCUT2D eigenvalue weighted by molar-refractivity contribution is 6.52. The summed E-state index contributed by atoms with van der Waals surface area (Å²) < 4.78 is 5.17. The molecule has 0 bridgehead atoms. The van der Waals surface area contributed by atoms with Gasteiger partial charge in [0, 0.05) is 0 Å². The molecule has 0 aliphatic heterocycles. The van der Waals surface area contributed by atoms with Crippen LogP contribution in [-0.4, -0.2) is 6.61 Å². The van der Waals surface area contributed by atoms with Crippen molar-refractivity contribution in [2.75, 3.05) is 6.61 Å². The highest BCUT2D eigenvalue weighted by Crippen LogP contribution is 2.15. The normalized spacial score (nSPS) is 10.1. The number of halogens is 2. The van der Waals surface area contributed by atoms with Crippen LogP contribution in [-0.2, 0) is 0 Å². The second-order valence-corrected chi connectivity index (χ2v) is 3.05. The van der Waals surface area contributed by atoms with Crippen LogP contribution in [0.15, 0.2) is 30.3 Å². The Bertz CT molecular complexity index is 199. The maximum Gasteiger partial charge on any atom is 0.187 e. The molecule has 1 nitrogen and oxygen atoms in total. The molecule has 0 amide bonds. The molecule has 0 spiro atoms. The van der Waals surface area contributed by atoms with Gasteiger partial charge in [0.1, 0.15) is 12.4 Å². The predicted molar refractivity (Wildman–Crippen MR) is 46.9 cm³/mol. The van der Waals surface area contributed by atoms with E-state index in [-0.39, 0.29) is 11.4 Å². The molecule has 0 aliphatic carbocycles. The summed E-state index contributed by atoms with van der Waals surface area (Å²) in [7, 11) is 0. The first kappa shape index (κ1) is 8.69. The molecule has 59 valence electrons. The fraction of sp³-hybridized carbons (Fsp3) is 0.125. The van der Waals surface area contributed by atoms with E-state index >= 15 is 0 Å². The minimum Gasteiger partial charge on any atom is -0.490 e. The van der Waals surface area contributed by atoms with Gasteiger partial charge < -0.3 is 4.74 Å². The van der Waals surface area contributed by atoms with E-state index in [2.05, 4.69) is 0 Å². The molecule has 0 saturated heterocycles. The van der Waals surface area contributed by atoms with Gasteiger partial charge in [-0.05, 0) is 12.1 Å². The Morgan fingerprint density at radius 1 is 1.18 bits per heavy atom. The molecule has 1 rings (SSSR count). The molecule has 0 N–H and O–H groups in total. The Hall–Kier alpha value is -0.400. The molecule has 11 heavy (non-hydrogen) atoms. The van der Waals surface area contributed by atoms with Crippen LogP contribution in [0.1, 0.15) is 0 Å². The average molecular weight is 190 g/mol. The summed E-state index contributed by atoms with van der Waals surface area (Å²) >= 11 is 10.8. The average Bonchev–Trinajstić information content (AvgIpc) is 2.03. The van der Waals surface area contributed by atoms with Gasteiger partial charge in [-0.15, -0.1) is 0 Å². The summed E-state index contributed by atoms with van der Waals surface area (Å²) in [4.78, 5) is 0.230. The molecule has 3 heteroatoms. The van der Waals surface area contributed by atoms with Gasteiger partial charge in [0.2, 0.25) is 0 Å². The molecule has 0 unspecified atom stereocenters. The molecule has 0 heterocycles. The third-order valence-corrected chi connectivity index (χ3v) is 1.31. The van der Waals surface area contributed by atoms with Gasteiger partial charge in [0.25, 0.3) is 0 Å². The van der Waals surface area contributed by atoms with Gasteiger partial charge in [0.15, 0.2) is 4.84 Å². The fourth-order valence-electron chi connectivity index (χ4n) is 0.655. The summed E-state index contributed by atoms with van der Waals surface area (Å²) in [6.45, 7) is 0.243. The van der Waals surface area contributed by atoms with Crippen LogP contribution in [0.5, 0.6) is 5.75 Å². The van der Waals surface area contributed by atoms with E-state index < -0.39 is 0 Å². The van der Waals surface area contributed by atoms with Gasteiger partial charge in [-0.3, -0.25) is 0 Å². The summed E-state index contributed by atoms with van der Waals surface area (Å²) in [6.07, 6.45) is 0. The zero-order valence-electron chi connectivity index (χ0n) is 5.76. The number of rotatable bonds is 3. The van der Waals surface area contributed by atoms with E-state index in [4.69, 9.17) is 27.9 Å². The summed E-state index contributed by atoms with van der Waals surface area (Å²) in [5, 5.41) is 0. The van der Waals surface area contributed by atoms with Crippen molar-refractivity contribution in [1.82, 2.24) is 0 Å². The third kappa shape index (κ3) is 3.49. The van der Waals surface area contributed by atoms with E-state index in [0.717, 1.165) is 5.75 Å². The number of para-hydroxylation sites is 1. The SMILES string of the molecule is Cl[C](Cl)COc1ccccc1. The fourth-order valence-corrected chi connectivity index (χ4v) is 0.764. The molecule has 0 fully saturated rings. The predicted octanol–water partition coefficient (Wildman–Crippen LogP) is 3.03. The maximum atomic E-state index is 5.38. The van der Waals surface area contributed by atoms with Crippen LogP contribution in [0.4, 0.5) is 0 Å². The second-order valence-electron chi connectivity index (χ2n) is 1.94. The molecule has 1 radical (unpaired) electrons. The van der Waals surface area contributed by atoms with Crippen molar-refractivity contribution < 1.29 is 4.74 Å². The Morgan fingerprint density at radius 2 is 1.82 bits per heavy atom. The van der Waals surface area contributed by atoms with E-state index in [9.17, 15) is 0 Å². The lowest BCUT2D eigenvalue weighted by Crippen LogP contribution is -1.98. The summed E-state index contributed by atoms with van der Waals surface area (Å²) in [5.74, 6) is 0.770. The van der Waals surface area contributed by atoms with Crippen molar-refractivity contribution in [3.63, 3.8) is 0 Å². The molecule has 1 aromatic carbocycles. The van der Waals surface area contributed by atoms with Gasteiger partial charge in [-0.25, -0.2) is 0 Å². The monoisotopic (exact) mass is 189 g/mol. The molecule has 0 aliphatic rings. The van der Waals surface area contributed by atoms with Crippen LogP contribution in [0, 0.1) is 4.84 Å². The number of hydrogen-bond acceptors (Lipinski definition) is 1. The highest BCUT2D eigenvalue weighted by Gasteiger charge is 1.99. The first-order valence-electron chi connectivity index (χ1n) is 3.14. The maximum absolute atomic E-state index is 5.38. The minimum absolute atomic E-state index is 0.230. The van der Waals surface area contributed by atoms with Crippen LogP contribution < -0.4 is 4.74 Å². The first-order valence-corrected chi connectivity index (χ1v) is 3.89. The van der Waals surface area contributed by atoms with Crippen molar-refractivity contribution in [1.29, 1.82) is 0 Å². The Balaban J connectivity index is 2.39. The topological polar surface area (TPSA) is 9.23 Å². The van der Waals surface area contributed by atoms with E-state index in [1.165, 1.54) is 0 Å². The van der Waals surface area contributed by atoms with Gasteiger partial charge in [-0.1, -0.05) is 41.4 Å². The van der Waals surface area contributed by atoms with Crippen molar-refractivity contribution in [3.8, 4) is 5.75 Å². The third-order valence-electron chi connectivity index (χ3n) is 1.09. The zero-order valence-corrected chi connectivity index (χ0v) is 7.27. The van der Waals surface area contributed by atoms with Gasteiger partial charge >= 0.3 is 0 Å². The smallest absolute Gasteiger partial charge is 0.187 e. The Labute approximate surface area is 75.9 Å². The van der Waals surface area contributed by atoms with E-state index in [1.54, 1.807) is 0 Å². The number of hydrogen-bond donors (Lipinski definition) is 0. The molecular formula is C8H7Cl2O. The van der Waals surface area contributed by atoms with Crippen molar-refractivity contribution in [2.45, 2.75) is 0 Å². The minimum atomic E-state index is 0.230. The molecule has 0 aromatic heterocycles. The van der Waals surface area contributed by atoms with Gasteiger partial charge in [-0.2, -0.15) is 0 Å². The lowest BCUT2D eigenvalue weighted by molar-refractivity contribution is 0.352. The Kier molecular flexibility index (Phi) is 3.53. The van der Waals surface area contributed by atoms with Crippen molar-refractivity contribution in [3.05, 3.63) is 35.2 Å². The number of benzene rings is 1. The van der Waals surface area contributed by atoms with Crippen LogP contribution in [0.25, 0.3) is 0 Å². The van der Waals surface area contributed by atoms with E-state index in [0.29, 0.717) is 0 Å². The summed E-state index contributed by atoms with van der Waals surface area (Å²) in [5.41, 5.74) is 0. The largest absolute Gasteiger partial charge is 0.490 e. The summed E-state index contributed by atoms with van der Waals surface area (Å²) in [6, 6.07) is 9.38. The molecule has 0 atom stereocenters. The van der Waals surface area contributed by atoms with Crippen LogP contribution >= 0.6 is 23.2 Å². The van der Waals surface area contributed by atoms with Crippen LogP contribution in [0.2, 0.25) is 0 Å². The standard InChI is InChI=1S/C8H7Cl2O/c9-8(10)6-11-7-4-2-1-3-5-7/h1-5H,6H2. The quantitative estimate of drug-likeness (QED) is 0.711.